The van der Waals surface area contributed by atoms with E-state index in [0.29, 0.717) is 0 Å². The summed E-state index contributed by atoms with van der Waals surface area (Å²) in [7, 11) is 2.28. The minimum atomic E-state index is 0.808. The van der Waals surface area contributed by atoms with Gasteiger partial charge in [0.2, 0.25) is 0 Å². The maximum atomic E-state index is 2.51. The smallest absolute Gasteiger partial charge is 0.00165 e. The van der Waals surface area contributed by atoms with Gasteiger partial charge in [0.25, 0.3) is 0 Å². The number of piperidine rings is 1. The van der Waals surface area contributed by atoms with Crippen LogP contribution >= 0.6 is 0 Å². The first kappa shape index (κ1) is 9.21. The van der Waals surface area contributed by atoms with Gasteiger partial charge in [0.15, 0.2) is 0 Å². The van der Waals surface area contributed by atoms with Crippen molar-refractivity contribution >= 4 is 0 Å². The highest BCUT2D eigenvalue weighted by atomic mass is 15.1. The molecule has 0 aromatic heterocycles. The molecule has 2 aliphatic carbocycles. The van der Waals surface area contributed by atoms with E-state index in [4.69, 9.17) is 0 Å². The molecule has 80 valence electrons. The molecule has 0 N–H and O–H groups in total. The molecule has 0 amide bonds. The van der Waals surface area contributed by atoms with Crippen molar-refractivity contribution in [1.29, 1.82) is 0 Å². The fourth-order valence-corrected chi connectivity index (χ4v) is 4.35. The van der Waals surface area contributed by atoms with Crippen LogP contribution in [0.25, 0.3) is 0 Å². The topological polar surface area (TPSA) is 3.24 Å². The predicted octanol–water partition coefficient (Wildman–Crippen LogP) is 2.91. The molecule has 2 saturated carbocycles. The van der Waals surface area contributed by atoms with E-state index in [0.717, 1.165) is 17.3 Å². The average molecular weight is 193 g/mol. The molecule has 0 radical (unpaired) electrons. The second-order valence-electron chi connectivity index (χ2n) is 6.16. The Labute approximate surface area is 87.9 Å². The van der Waals surface area contributed by atoms with Crippen LogP contribution < -0.4 is 0 Å². The summed E-state index contributed by atoms with van der Waals surface area (Å²) >= 11 is 0. The van der Waals surface area contributed by atoms with Crippen molar-refractivity contribution < 1.29 is 0 Å². The highest BCUT2D eigenvalue weighted by Crippen LogP contribution is 2.56. The SMILES string of the molecule is CN1CCC2(CC1)CC1CCCC1C2. The fourth-order valence-electron chi connectivity index (χ4n) is 4.35. The molecule has 1 nitrogen and oxygen atoms in total. The van der Waals surface area contributed by atoms with E-state index in [9.17, 15) is 0 Å². The predicted molar refractivity (Wildman–Crippen MR) is 59.2 cm³/mol. The second-order valence-corrected chi connectivity index (χ2v) is 6.16. The third-order valence-corrected chi connectivity index (χ3v) is 5.25. The highest BCUT2D eigenvalue weighted by Gasteiger charge is 2.47. The lowest BCUT2D eigenvalue weighted by molar-refractivity contribution is 0.118. The second kappa shape index (κ2) is 3.23. The number of hydrogen-bond donors (Lipinski definition) is 0. The molecule has 3 aliphatic rings. The molecule has 1 saturated heterocycles. The van der Waals surface area contributed by atoms with E-state index in [1.165, 1.54) is 32.4 Å². The van der Waals surface area contributed by atoms with Crippen LogP contribution in [0.3, 0.4) is 0 Å². The summed E-state index contributed by atoms with van der Waals surface area (Å²) in [6.45, 7) is 2.72. The first-order chi connectivity index (χ1) is 6.77. The van der Waals surface area contributed by atoms with Gasteiger partial charge in [0.1, 0.15) is 0 Å². The molecule has 0 aromatic carbocycles. The zero-order chi connectivity index (χ0) is 9.60. The van der Waals surface area contributed by atoms with Crippen molar-refractivity contribution in [2.45, 2.75) is 44.9 Å². The summed E-state index contributed by atoms with van der Waals surface area (Å²) in [5.74, 6) is 2.27. The molecule has 0 bridgehead atoms. The molecule has 2 unspecified atom stereocenters. The quantitative estimate of drug-likeness (QED) is 0.572. The Morgan fingerprint density at radius 1 is 1.00 bits per heavy atom. The van der Waals surface area contributed by atoms with Gasteiger partial charge >= 0.3 is 0 Å². The van der Waals surface area contributed by atoms with Gasteiger partial charge in [-0.3, -0.25) is 0 Å². The lowest BCUT2D eigenvalue weighted by Crippen LogP contribution is -2.36. The van der Waals surface area contributed by atoms with Crippen molar-refractivity contribution in [3.63, 3.8) is 0 Å². The van der Waals surface area contributed by atoms with Crippen molar-refractivity contribution in [3.8, 4) is 0 Å². The molecule has 1 spiro atoms. The van der Waals surface area contributed by atoms with Crippen LogP contribution in [0.5, 0.6) is 0 Å². The third kappa shape index (κ3) is 1.41. The van der Waals surface area contributed by atoms with Crippen LogP contribution in [0, 0.1) is 17.3 Å². The van der Waals surface area contributed by atoms with Crippen LogP contribution in [0.4, 0.5) is 0 Å². The Morgan fingerprint density at radius 2 is 1.57 bits per heavy atom. The molecule has 0 aromatic rings. The monoisotopic (exact) mass is 193 g/mol. The summed E-state index contributed by atoms with van der Waals surface area (Å²) in [4.78, 5) is 2.51. The largest absolute Gasteiger partial charge is 0.306 e. The van der Waals surface area contributed by atoms with Crippen LogP contribution in [0.1, 0.15) is 44.9 Å². The van der Waals surface area contributed by atoms with Crippen molar-refractivity contribution in [3.05, 3.63) is 0 Å². The van der Waals surface area contributed by atoms with Gasteiger partial charge in [-0.1, -0.05) is 19.3 Å². The number of rotatable bonds is 0. The number of hydrogen-bond acceptors (Lipinski definition) is 1. The van der Waals surface area contributed by atoms with E-state index in [-0.39, 0.29) is 0 Å². The molecule has 3 rings (SSSR count). The van der Waals surface area contributed by atoms with E-state index in [1.807, 2.05) is 0 Å². The molecule has 1 heteroatoms. The Kier molecular flexibility index (Phi) is 2.12. The van der Waals surface area contributed by atoms with Crippen LogP contribution in [0.2, 0.25) is 0 Å². The zero-order valence-corrected chi connectivity index (χ0v) is 9.47. The minimum Gasteiger partial charge on any atom is -0.306 e. The number of likely N-dealkylation sites (tertiary alicyclic amines) is 1. The molecule has 1 heterocycles. The van der Waals surface area contributed by atoms with Crippen molar-refractivity contribution in [2.24, 2.45) is 17.3 Å². The average Bonchev–Trinajstić information content (AvgIpc) is 2.69. The van der Waals surface area contributed by atoms with Gasteiger partial charge in [-0.2, -0.15) is 0 Å². The van der Waals surface area contributed by atoms with Gasteiger partial charge in [-0.25, -0.2) is 0 Å². The standard InChI is InChI=1S/C13H23N/c1-14-7-5-13(6-8-14)9-11-3-2-4-12(11)10-13/h11-12H,2-10H2,1H3. The summed E-state index contributed by atoms with van der Waals surface area (Å²) in [5.41, 5.74) is 0.808. The van der Waals surface area contributed by atoms with E-state index >= 15 is 0 Å². The molecular formula is C13H23N. The van der Waals surface area contributed by atoms with Crippen molar-refractivity contribution in [1.82, 2.24) is 4.90 Å². The summed E-state index contributed by atoms with van der Waals surface area (Å²) in [6.07, 6.45) is 10.8. The molecule has 2 atom stereocenters. The molecule has 14 heavy (non-hydrogen) atoms. The first-order valence-corrected chi connectivity index (χ1v) is 6.46. The summed E-state index contributed by atoms with van der Waals surface area (Å²) in [6, 6.07) is 0. The van der Waals surface area contributed by atoms with Gasteiger partial charge in [-0.05, 0) is 63.1 Å². The van der Waals surface area contributed by atoms with E-state index < -0.39 is 0 Å². The van der Waals surface area contributed by atoms with Crippen LogP contribution in [0.15, 0.2) is 0 Å². The van der Waals surface area contributed by atoms with Crippen molar-refractivity contribution in [2.75, 3.05) is 20.1 Å². The highest BCUT2D eigenvalue weighted by molar-refractivity contribution is 4.98. The summed E-state index contributed by atoms with van der Waals surface area (Å²) < 4.78 is 0. The molecular weight excluding hydrogens is 170 g/mol. The fraction of sp³-hybridized carbons (Fsp3) is 1.00. The van der Waals surface area contributed by atoms with Crippen LogP contribution in [-0.2, 0) is 0 Å². The number of nitrogens with zero attached hydrogens (tertiary/aromatic N) is 1. The Morgan fingerprint density at radius 3 is 2.14 bits per heavy atom. The number of fused-ring (bicyclic) bond motifs is 1. The lowest BCUT2D eigenvalue weighted by Gasteiger charge is -2.38. The molecule has 3 fully saturated rings. The maximum absolute atomic E-state index is 2.51. The molecule has 1 aliphatic heterocycles. The zero-order valence-electron chi connectivity index (χ0n) is 9.47. The Hall–Kier alpha value is -0.0400. The summed E-state index contributed by atoms with van der Waals surface area (Å²) in [5, 5.41) is 0. The maximum Gasteiger partial charge on any atom is -0.00165 e. The lowest BCUT2D eigenvalue weighted by atomic mass is 9.75. The normalized spacial score (nSPS) is 41.8. The Balaban J connectivity index is 1.68. The van der Waals surface area contributed by atoms with Crippen LogP contribution in [-0.4, -0.2) is 25.0 Å². The van der Waals surface area contributed by atoms with Gasteiger partial charge in [0.05, 0.1) is 0 Å². The van der Waals surface area contributed by atoms with E-state index in [1.54, 1.807) is 25.7 Å². The first-order valence-electron chi connectivity index (χ1n) is 6.46. The minimum absolute atomic E-state index is 0.808. The van der Waals surface area contributed by atoms with Gasteiger partial charge < -0.3 is 4.90 Å². The Bertz CT molecular complexity index is 201. The van der Waals surface area contributed by atoms with Gasteiger partial charge in [-0.15, -0.1) is 0 Å². The van der Waals surface area contributed by atoms with Gasteiger partial charge in [0, 0.05) is 0 Å². The van der Waals surface area contributed by atoms with E-state index in [2.05, 4.69) is 11.9 Å². The third-order valence-electron chi connectivity index (χ3n) is 5.25.